The lowest BCUT2D eigenvalue weighted by Gasteiger charge is -2.18. The molecule has 1 N–H and O–H groups in total. The van der Waals surface area contributed by atoms with Gasteiger partial charge in [0, 0.05) is 0 Å². The first kappa shape index (κ1) is 14.8. The molecule has 0 fully saturated rings. The Labute approximate surface area is 110 Å². The van der Waals surface area contributed by atoms with Crippen LogP contribution in [-0.2, 0) is 11.0 Å². The van der Waals surface area contributed by atoms with Crippen molar-refractivity contribution in [1.29, 1.82) is 5.26 Å². The van der Waals surface area contributed by atoms with E-state index in [4.69, 9.17) is 5.26 Å². The van der Waals surface area contributed by atoms with Crippen molar-refractivity contribution in [2.75, 3.05) is 0 Å². The smallest absolute Gasteiger partial charge is 0.138 e. The molecule has 0 aliphatic rings. The van der Waals surface area contributed by atoms with E-state index in [2.05, 4.69) is 4.72 Å². The molecule has 1 aromatic rings. The predicted molar refractivity (Wildman–Crippen MR) is 69.9 cm³/mol. The maximum Gasteiger partial charge on any atom is 0.138 e. The number of hydrogen-bond acceptors (Lipinski definition) is 2. The fourth-order valence-electron chi connectivity index (χ4n) is 1.39. The summed E-state index contributed by atoms with van der Waals surface area (Å²) in [5.74, 6) is -0.294. The van der Waals surface area contributed by atoms with E-state index < -0.39 is 23.2 Å². The largest absolute Gasteiger partial charge is 0.244 e. The van der Waals surface area contributed by atoms with Crippen LogP contribution in [-0.4, -0.2) is 16.4 Å². The topological polar surface area (TPSA) is 52.9 Å². The van der Waals surface area contributed by atoms with Gasteiger partial charge in [-0.15, -0.1) is 0 Å². The van der Waals surface area contributed by atoms with Crippen LogP contribution in [0.25, 0.3) is 0 Å². The molecule has 0 saturated heterocycles. The Kier molecular flexibility index (Phi) is 5.45. The van der Waals surface area contributed by atoms with Crippen molar-refractivity contribution in [1.82, 2.24) is 4.72 Å². The normalized spacial score (nSPS) is 16.0. The quantitative estimate of drug-likeness (QED) is 0.892. The zero-order valence-electron chi connectivity index (χ0n) is 10.7. The molecule has 98 valence electrons. The Bertz CT molecular complexity index is 453. The van der Waals surface area contributed by atoms with Gasteiger partial charge in [0.15, 0.2) is 0 Å². The number of benzene rings is 1. The van der Waals surface area contributed by atoms with E-state index in [0.29, 0.717) is 4.90 Å². The Morgan fingerprint density at radius 2 is 1.89 bits per heavy atom. The van der Waals surface area contributed by atoms with Crippen LogP contribution in [0.4, 0.5) is 4.39 Å². The summed E-state index contributed by atoms with van der Waals surface area (Å²) in [6.45, 7) is 5.30. The summed E-state index contributed by atoms with van der Waals surface area (Å²) >= 11 is 0. The maximum absolute atomic E-state index is 13.7. The van der Waals surface area contributed by atoms with Crippen molar-refractivity contribution in [3.8, 4) is 6.07 Å². The molecular formula is C13H17FN2OS. The highest BCUT2D eigenvalue weighted by Crippen LogP contribution is 2.13. The molecule has 0 aromatic heterocycles. The van der Waals surface area contributed by atoms with Gasteiger partial charge in [0.25, 0.3) is 0 Å². The third-order valence-corrected chi connectivity index (χ3v) is 3.73. The monoisotopic (exact) mass is 268 g/mol. The van der Waals surface area contributed by atoms with Crippen LogP contribution in [0.2, 0.25) is 0 Å². The minimum atomic E-state index is -1.57. The first-order chi connectivity index (χ1) is 8.45. The van der Waals surface area contributed by atoms with Crippen molar-refractivity contribution in [2.45, 2.75) is 37.9 Å². The number of nitrogens with one attached hydrogen (secondary N) is 1. The molecular weight excluding hydrogens is 251 g/mol. The second-order valence-corrected chi connectivity index (χ2v) is 5.74. The molecule has 3 nitrogen and oxygen atoms in total. The first-order valence-corrected chi connectivity index (χ1v) is 6.89. The van der Waals surface area contributed by atoms with E-state index in [-0.39, 0.29) is 5.92 Å². The Hall–Kier alpha value is -1.25. The van der Waals surface area contributed by atoms with Crippen LogP contribution in [0.1, 0.15) is 19.4 Å². The predicted octanol–water partition coefficient (Wildman–Crippen LogP) is 2.49. The van der Waals surface area contributed by atoms with Crippen LogP contribution in [0.15, 0.2) is 29.2 Å². The Balaban J connectivity index is 2.74. The summed E-state index contributed by atoms with van der Waals surface area (Å²) in [6, 6.07) is 7.81. The van der Waals surface area contributed by atoms with Crippen LogP contribution in [0, 0.1) is 24.2 Å². The molecule has 3 atom stereocenters. The summed E-state index contributed by atoms with van der Waals surface area (Å²) in [5, 5.41) is 8.90. The fraction of sp³-hybridized carbons (Fsp3) is 0.462. The zero-order valence-corrected chi connectivity index (χ0v) is 11.5. The van der Waals surface area contributed by atoms with E-state index >= 15 is 0 Å². The summed E-state index contributed by atoms with van der Waals surface area (Å²) in [7, 11) is -1.57. The van der Waals surface area contributed by atoms with Crippen molar-refractivity contribution in [2.24, 2.45) is 5.92 Å². The van der Waals surface area contributed by atoms with Gasteiger partial charge in [-0.3, -0.25) is 0 Å². The third kappa shape index (κ3) is 3.90. The molecule has 0 aliphatic carbocycles. The van der Waals surface area contributed by atoms with Crippen LogP contribution >= 0.6 is 0 Å². The number of rotatable bonds is 5. The zero-order chi connectivity index (χ0) is 13.7. The molecule has 0 amide bonds. The maximum atomic E-state index is 13.7. The number of halogens is 1. The highest BCUT2D eigenvalue weighted by Gasteiger charge is 2.25. The molecule has 0 saturated carbocycles. The molecule has 0 bridgehead atoms. The number of aryl methyl sites for hydroxylation is 1. The lowest BCUT2D eigenvalue weighted by molar-refractivity contribution is 0.230. The highest BCUT2D eigenvalue weighted by atomic mass is 32.2. The van der Waals surface area contributed by atoms with Crippen LogP contribution in [0.3, 0.4) is 0 Å². The number of alkyl halides is 1. The highest BCUT2D eigenvalue weighted by molar-refractivity contribution is 7.83. The van der Waals surface area contributed by atoms with Gasteiger partial charge >= 0.3 is 0 Å². The van der Waals surface area contributed by atoms with Gasteiger partial charge < -0.3 is 0 Å². The minimum Gasteiger partial charge on any atom is -0.244 e. The third-order valence-electron chi connectivity index (χ3n) is 2.56. The van der Waals surface area contributed by atoms with Gasteiger partial charge in [-0.2, -0.15) is 5.26 Å². The molecule has 0 radical (unpaired) electrons. The standard InChI is InChI=1S/C13H17FN2OS/c1-9(2)13(14)12(8-15)16-18(17)11-6-4-10(3)5-7-11/h4-7,9,12-13,16H,1-3H3/t12-,13-,18+/m0/s1. The van der Waals surface area contributed by atoms with Gasteiger partial charge in [0.05, 0.1) is 11.0 Å². The molecule has 1 rings (SSSR count). The molecule has 1 aromatic carbocycles. The van der Waals surface area contributed by atoms with Gasteiger partial charge in [-0.05, 0) is 25.0 Å². The van der Waals surface area contributed by atoms with Crippen molar-refractivity contribution in [3.63, 3.8) is 0 Å². The van der Waals surface area contributed by atoms with Gasteiger partial charge in [0.2, 0.25) is 0 Å². The number of hydrogen-bond donors (Lipinski definition) is 1. The number of nitriles is 1. The van der Waals surface area contributed by atoms with Crippen LogP contribution in [0.5, 0.6) is 0 Å². The average molecular weight is 268 g/mol. The molecule has 5 heteroatoms. The molecule has 0 heterocycles. The van der Waals surface area contributed by atoms with Crippen LogP contribution < -0.4 is 4.72 Å². The van der Waals surface area contributed by atoms with Crippen molar-refractivity contribution in [3.05, 3.63) is 29.8 Å². The lowest BCUT2D eigenvalue weighted by atomic mass is 10.0. The van der Waals surface area contributed by atoms with E-state index in [0.717, 1.165) is 5.56 Å². The molecule has 0 aliphatic heterocycles. The lowest BCUT2D eigenvalue weighted by Crippen LogP contribution is -2.40. The van der Waals surface area contributed by atoms with E-state index in [9.17, 15) is 8.60 Å². The van der Waals surface area contributed by atoms with E-state index in [1.807, 2.05) is 25.1 Å². The Morgan fingerprint density at radius 3 is 2.33 bits per heavy atom. The summed E-state index contributed by atoms with van der Waals surface area (Å²) in [5.41, 5.74) is 1.05. The minimum absolute atomic E-state index is 0.294. The molecule has 0 unspecified atom stereocenters. The second kappa shape index (κ2) is 6.62. The Morgan fingerprint density at radius 1 is 1.33 bits per heavy atom. The van der Waals surface area contributed by atoms with Gasteiger partial charge in [-0.1, -0.05) is 31.5 Å². The summed E-state index contributed by atoms with van der Waals surface area (Å²) in [6.07, 6.45) is -1.34. The summed E-state index contributed by atoms with van der Waals surface area (Å²) in [4.78, 5) is 0.539. The van der Waals surface area contributed by atoms with E-state index in [1.54, 1.807) is 26.0 Å². The number of nitrogens with zero attached hydrogens (tertiary/aromatic N) is 1. The first-order valence-electron chi connectivity index (χ1n) is 5.74. The van der Waals surface area contributed by atoms with E-state index in [1.165, 1.54) is 0 Å². The summed E-state index contributed by atoms with van der Waals surface area (Å²) < 4.78 is 28.2. The average Bonchev–Trinajstić information content (AvgIpc) is 2.35. The van der Waals surface area contributed by atoms with Crippen molar-refractivity contribution >= 4 is 11.0 Å². The van der Waals surface area contributed by atoms with Gasteiger partial charge in [-0.25, -0.2) is 13.3 Å². The van der Waals surface area contributed by atoms with Crippen molar-refractivity contribution < 1.29 is 8.60 Å². The molecule has 18 heavy (non-hydrogen) atoms. The SMILES string of the molecule is Cc1ccc([S@@](=O)N[C@@H](C#N)[C@@H](F)C(C)C)cc1. The molecule has 0 spiro atoms. The van der Waals surface area contributed by atoms with Gasteiger partial charge in [0.1, 0.15) is 23.2 Å². The fourth-order valence-corrected chi connectivity index (χ4v) is 2.33. The second-order valence-electron chi connectivity index (χ2n) is 4.49.